The summed E-state index contributed by atoms with van der Waals surface area (Å²) in [5.41, 5.74) is 4.52. The highest BCUT2D eigenvalue weighted by Crippen LogP contribution is 2.11. The molecule has 0 radical (unpaired) electrons. The molecule has 1 heterocycles. The van der Waals surface area contributed by atoms with Gasteiger partial charge in [-0.3, -0.25) is 14.5 Å². The van der Waals surface area contributed by atoms with Crippen LogP contribution in [0.5, 0.6) is 5.75 Å². The first-order chi connectivity index (χ1) is 15.2. The number of hydrazone groups is 1. The van der Waals surface area contributed by atoms with Gasteiger partial charge in [-0.2, -0.15) is 5.10 Å². The van der Waals surface area contributed by atoms with Crippen LogP contribution in [0.3, 0.4) is 0 Å². The summed E-state index contributed by atoms with van der Waals surface area (Å²) in [6.07, 6.45) is 2.35. The van der Waals surface area contributed by atoms with Crippen LogP contribution in [0.15, 0.2) is 59.7 Å². The summed E-state index contributed by atoms with van der Waals surface area (Å²) in [7, 11) is 0. The zero-order valence-electron chi connectivity index (χ0n) is 17.5. The van der Waals surface area contributed by atoms with E-state index >= 15 is 0 Å². The molecular formula is C23H28N4O4. The maximum atomic E-state index is 11.9. The fourth-order valence-corrected chi connectivity index (χ4v) is 3.02. The lowest BCUT2D eigenvalue weighted by molar-refractivity contribution is -0.123. The molecule has 8 heteroatoms. The van der Waals surface area contributed by atoms with Gasteiger partial charge in [-0.1, -0.05) is 30.3 Å². The highest BCUT2D eigenvalue weighted by Gasteiger charge is 2.13. The van der Waals surface area contributed by atoms with Crippen molar-refractivity contribution in [3.05, 3.63) is 65.7 Å². The number of morpholine rings is 1. The van der Waals surface area contributed by atoms with E-state index in [9.17, 15) is 9.59 Å². The molecule has 0 bridgehead atoms. The van der Waals surface area contributed by atoms with Crippen molar-refractivity contribution in [2.24, 2.45) is 5.10 Å². The molecule has 1 fully saturated rings. The molecule has 0 unspecified atom stereocenters. The molecule has 164 valence electrons. The van der Waals surface area contributed by atoms with E-state index in [1.54, 1.807) is 30.5 Å². The summed E-state index contributed by atoms with van der Waals surface area (Å²) in [6.45, 7) is 3.65. The highest BCUT2D eigenvalue weighted by molar-refractivity contribution is 5.83. The summed E-state index contributed by atoms with van der Waals surface area (Å²) in [4.78, 5) is 25.8. The molecule has 0 aromatic heterocycles. The van der Waals surface area contributed by atoms with Gasteiger partial charge in [-0.15, -0.1) is 0 Å². The van der Waals surface area contributed by atoms with Gasteiger partial charge in [0, 0.05) is 19.6 Å². The van der Waals surface area contributed by atoms with E-state index in [2.05, 4.69) is 15.8 Å². The zero-order chi connectivity index (χ0) is 21.7. The van der Waals surface area contributed by atoms with E-state index in [1.807, 2.05) is 35.2 Å². The second kappa shape index (κ2) is 12.5. The third kappa shape index (κ3) is 8.57. The summed E-state index contributed by atoms with van der Waals surface area (Å²) in [5.74, 6) is 0.271. The number of ether oxygens (including phenoxy) is 2. The fraction of sp³-hybridized carbons (Fsp3) is 0.348. The molecule has 1 aliphatic rings. The first-order valence-corrected chi connectivity index (χ1v) is 10.3. The van der Waals surface area contributed by atoms with Crippen LogP contribution in [-0.2, 0) is 20.7 Å². The summed E-state index contributed by atoms with van der Waals surface area (Å²) >= 11 is 0. The van der Waals surface area contributed by atoms with Crippen LogP contribution < -0.4 is 15.5 Å². The number of carbonyl (C=O) groups is 2. The SMILES string of the molecule is O=C(COc1ccc(/C=N\NC(=O)CN2CCOCC2)cc1)NCCc1ccccc1. The van der Waals surface area contributed by atoms with Crippen molar-refractivity contribution in [2.45, 2.75) is 6.42 Å². The van der Waals surface area contributed by atoms with Crippen LogP contribution in [0, 0.1) is 0 Å². The summed E-state index contributed by atoms with van der Waals surface area (Å²) < 4.78 is 10.8. The number of hydrogen-bond acceptors (Lipinski definition) is 6. The lowest BCUT2D eigenvalue weighted by Gasteiger charge is -2.25. The van der Waals surface area contributed by atoms with Crippen molar-refractivity contribution in [3.8, 4) is 5.75 Å². The maximum Gasteiger partial charge on any atom is 0.257 e. The maximum absolute atomic E-state index is 11.9. The molecule has 8 nitrogen and oxygen atoms in total. The molecule has 0 spiro atoms. The van der Waals surface area contributed by atoms with E-state index in [4.69, 9.17) is 9.47 Å². The van der Waals surface area contributed by atoms with Gasteiger partial charge in [0.1, 0.15) is 5.75 Å². The van der Waals surface area contributed by atoms with Crippen molar-refractivity contribution in [1.29, 1.82) is 0 Å². The minimum absolute atomic E-state index is 0.0418. The molecule has 2 aromatic rings. The van der Waals surface area contributed by atoms with E-state index in [0.29, 0.717) is 32.1 Å². The van der Waals surface area contributed by atoms with Crippen LogP contribution in [0.4, 0.5) is 0 Å². The number of hydrogen-bond donors (Lipinski definition) is 2. The first kappa shape index (κ1) is 22.5. The van der Waals surface area contributed by atoms with Crippen molar-refractivity contribution in [2.75, 3.05) is 46.0 Å². The van der Waals surface area contributed by atoms with Gasteiger partial charge in [-0.25, -0.2) is 5.43 Å². The number of carbonyl (C=O) groups excluding carboxylic acids is 2. The van der Waals surface area contributed by atoms with Gasteiger partial charge in [-0.05, 0) is 41.8 Å². The normalized spacial score (nSPS) is 14.3. The van der Waals surface area contributed by atoms with Crippen LogP contribution in [-0.4, -0.2) is 68.9 Å². The number of nitrogens with one attached hydrogen (secondary N) is 2. The quantitative estimate of drug-likeness (QED) is 0.442. The Bertz CT molecular complexity index is 850. The molecule has 1 saturated heterocycles. The van der Waals surface area contributed by atoms with Crippen molar-refractivity contribution >= 4 is 18.0 Å². The van der Waals surface area contributed by atoms with Crippen LogP contribution >= 0.6 is 0 Å². The molecule has 2 aromatic carbocycles. The number of nitrogens with zero attached hydrogens (tertiary/aromatic N) is 2. The lowest BCUT2D eigenvalue weighted by atomic mass is 10.1. The number of amides is 2. The third-order valence-electron chi connectivity index (χ3n) is 4.70. The minimum atomic E-state index is -0.162. The Morgan fingerprint density at radius 3 is 2.52 bits per heavy atom. The van der Waals surface area contributed by atoms with E-state index < -0.39 is 0 Å². The second-order valence-corrected chi connectivity index (χ2v) is 7.12. The van der Waals surface area contributed by atoms with Crippen LogP contribution in [0.25, 0.3) is 0 Å². The molecule has 0 aliphatic carbocycles. The molecule has 3 rings (SSSR count). The minimum Gasteiger partial charge on any atom is -0.484 e. The molecular weight excluding hydrogens is 396 g/mol. The average Bonchev–Trinajstić information content (AvgIpc) is 2.80. The Balaban J connectivity index is 1.32. The molecule has 0 atom stereocenters. The Morgan fingerprint density at radius 2 is 1.77 bits per heavy atom. The molecule has 2 N–H and O–H groups in total. The topological polar surface area (TPSA) is 92.3 Å². The lowest BCUT2D eigenvalue weighted by Crippen LogP contribution is -2.42. The van der Waals surface area contributed by atoms with Gasteiger partial charge >= 0.3 is 0 Å². The van der Waals surface area contributed by atoms with Gasteiger partial charge in [0.2, 0.25) is 0 Å². The average molecular weight is 425 g/mol. The molecule has 31 heavy (non-hydrogen) atoms. The van der Waals surface area contributed by atoms with Gasteiger partial charge in [0.15, 0.2) is 6.61 Å². The Labute approximate surface area is 182 Å². The largest absolute Gasteiger partial charge is 0.484 e. The first-order valence-electron chi connectivity index (χ1n) is 10.3. The van der Waals surface area contributed by atoms with E-state index in [0.717, 1.165) is 25.1 Å². The predicted molar refractivity (Wildman–Crippen MR) is 118 cm³/mol. The highest BCUT2D eigenvalue weighted by atomic mass is 16.5. The van der Waals surface area contributed by atoms with Crippen LogP contribution in [0.2, 0.25) is 0 Å². The Kier molecular flexibility index (Phi) is 9.03. The van der Waals surface area contributed by atoms with Crippen LogP contribution in [0.1, 0.15) is 11.1 Å². The smallest absolute Gasteiger partial charge is 0.257 e. The van der Waals surface area contributed by atoms with Crippen molar-refractivity contribution in [3.63, 3.8) is 0 Å². The zero-order valence-corrected chi connectivity index (χ0v) is 17.5. The summed E-state index contributed by atoms with van der Waals surface area (Å²) in [5, 5.41) is 6.83. The molecule has 0 saturated carbocycles. The third-order valence-corrected chi connectivity index (χ3v) is 4.70. The van der Waals surface area contributed by atoms with Gasteiger partial charge < -0.3 is 14.8 Å². The second-order valence-electron chi connectivity index (χ2n) is 7.12. The Hall–Kier alpha value is -3.23. The monoisotopic (exact) mass is 424 g/mol. The molecule has 2 amide bonds. The van der Waals surface area contributed by atoms with Gasteiger partial charge in [0.25, 0.3) is 11.8 Å². The predicted octanol–water partition coefficient (Wildman–Crippen LogP) is 1.21. The van der Waals surface area contributed by atoms with Gasteiger partial charge in [0.05, 0.1) is 26.0 Å². The fourth-order valence-electron chi connectivity index (χ4n) is 3.02. The van der Waals surface area contributed by atoms with E-state index in [-0.39, 0.29) is 18.4 Å². The van der Waals surface area contributed by atoms with E-state index in [1.165, 1.54) is 5.56 Å². The molecule has 1 aliphatic heterocycles. The van der Waals surface area contributed by atoms with Crippen molar-refractivity contribution in [1.82, 2.24) is 15.6 Å². The summed E-state index contributed by atoms with van der Waals surface area (Å²) in [6, 6.07) is 17.1. The Morgan fingerprint density at radius 1 is 1.03 bits per heavy atom. The number of rotatable bonds is 10. The van der Waals surface area contributed by atoms with Crippen molar-refractivity contribution < 1.29 is 19.1 Å². The number of benzene rings is 2. The standard InChI is InChI=1S/C23H28N4O4/c28-22(17-27-12-14-30-15-13-27)26-25-16-20-6-8-21(9-7-20)31-18-23(29)24-11-10-19-4-2-1-3-5-19/h1-9,16H,10-15,17-18H2,(H,24,29)(H,26,28)/b25-16-.